The SMILES string of the molecule is Cc1cccc(OC2CCN(C(=O)c3cccc(N(C)C)c3)C2)n1. The van der Waals surface area contributed by atoms with Crippen molar-refractivity contribution in [2.24, 2.45) is 0 Å². The summed E-state index contributed by atoms with van der Waals surface area (Å²) in [4.78, 5) is 20.9. The Morgan fingerprint density at radius 1 is 1.25 bits per heavy atom. The molecule has 24 heavy (non-hydrogen) atoms. The van der Waals surface area contributed by atoms with Gasteiger partial charge in [0.1, 0.15) is 6.10 Å². The van der Waals surface area contributed by atoms with Gasteiger partial charge >= 0.3 is 0 Å². The third kappa shape index (κ3) is 3.67. The maximum Gasteiger partial charge on any atom is 0.254 e. The van der Waals surface area contributed by atoms with Crippen molar-refractivity contribution in [1.29, 1.82) is 0 Å². The molecule has 1 fully saturated rings. The minimum absolute atomic E-state index is 0.000261. The number of ether oxygens (including phenoxy) is 1. The van der Waals surface area contributed by atoms with Gasteiger partial charge in [0.05, 0.1) is 6.54 Å². The number of hydrogen-bond donors (Lipinski definition) is 0. The van der Waals surface area contributed by atoms with Crippen LogP contribution in [0, 0.1) is 6.92 Å². The molecule has 126 valence electrons. The molecule has 1 aliphatic rings. The van der Waals surface area contributed by atoms with Crippen LogP contribution in [0.3, 0.4) is 0 Å². The lowest BCUT2D eigenvalue weighted by molar-refractivity contribution is 0.0771. The lowest BCUT2D eigenvalue weighted by Crippen LogP contribution is -2.31. The van der Waals surface area contributed by atoms with Crippen LogP contribution in [-0.2, 0) is 0 Å². The van der Waals surface area contributed by atoms with E-state index in [1.165, 1.54) is 0 Å². The van der Waals surface area contributed by atoms with Gasteiger partial charge in [-0.3, -0.25) is 4.79 Å². The van der Waals surface area contributed by atoms with E-state index >= 15 is 0 Å². The lowest BCUT2D eigenvalue weighted by atomic mass is 10.1. The van der Waals surface area contributed by atoms with Crippen LogP contribution in [0.2, 0.25) is 0 Å². The van der Waals surface area contributed by atoms with Crippen molar-refractivity contribution in [2.45, 2.75) is 19.4 Å². The first kappa shape index (κ1) is 16.3. The van der Waals surface area contributed by atoms with Crippen LogP contribution in [0.15, 0.2) is 42.5 Å². The number of carbonyl (C=O) groups excluding carboxylic acids is 1. The first-order chi connectivity index (χ1) is 11.5. The molecule has 0 bridgehead atoms. The first-order valence-corrected chi connectivity index (χ1v) is 8.20. The van der Waals surface area contributed by atoms with E-state index in [9.17, 15) is 4.79 Å². The molecule has 0 aliphatic carbocycles. The number of aryl methyl sites for hydroxylation is 1. The summed E-state index contributed by atoms with van der Waals surface area (Å²) in [5.41, 5.74) is 2.67. The van der Waals surface area contributed by atoms with Crippen LogP contribution in [0.4, 0.5) is 5.69 Å². The van der Waals surface area contributed by atoms with Gasteiger partial charge in [-0.1, -0.05) is 12.1 Å². The van der Waals surface area contributed by atoms with Crippen LogP contribution in [0.5, 0.6) is 5.88 Å². The molecule has 1 aromatic carbocycles. The highest BCUT2D eigenvalue weighted by Gasteiger charge is 2.28. The highest BCUT2D eigenvalue weighted by molar-refractivity contribution is 5.95. The average Bonchev–Trinajstić information content (AvgIpc) is 3.02. The van der Waals surface area contributed by atoms with Gasteiger partial charge in [0, 0.05) is 50.1 Å². The highest BCUT2D eigenvalue weighted by Crippen LogP contribution is 2.20. The topological polar surface area (TPSA) is 45.7 Å². The number of amides is 1. The second-order valence-corrected chi connectivity index (χ2v) is 6.34. The minimum atomic E-state index is 0.000261. The minimum Gasteiger partial charge on any atom is -0.472 e. The Labute approximate surface area is 142 Å². The number of carbonyl (C=O) groups is 1. The summed E-state index contributed by atoms with van der Waals surface area (Å²) in [6, 6.07) is 13.4. The first-order valence-electron chi connectivity index (χ1n) is 8.20. The monoisotopic (exact) mass is 325 g/mol. The van der Waals surface area contributed by atoms with Gasteiger partial charge in [-0.05, 0) is 31.2 Å². The summed E-state index contributed by atoms with van der Waals surface area (Å²) in [6.45, 7) is 3.25. The van der Waals surface area contributed by atoms with Gasteiger partial charge in [0.2, 0.25) is 5.88 Å². The second-order valence-electron chi connectivity index (χ2n) is 6.34. The molecule has 0 spiro atoms. The molecule has 1 amide bonds. The molecule has 5 heteroatoms. The second kappa shape index (κ2) is 6.91. The van der Waals surface area contributed by atoms with Crippen molar-refractivity contribution >= 4 is 11.6 Å². The average molecular weight is 325 g/mol. The van der Waals surface area contributed by atoms with E-state index in [0.29, 0.717) is 19.0 Å². The van der Waals surface area contributed by atoms with Crippen molar-refractivity contribution in [2.75, 3.05) is 32.1 Å². The highest BCUT2D eigenvalue weighted by atomic mass is 16.5. The Morgan fingerprint density at radius 3 is 2.79 bits per heavy atom. The number of aromatic nitrogens is 1. The van der Waals surface area contributed by atoms with Crippen molar-refractivity contribution in [3.8, 4) is 5.88 Å². The molecule has 5 nitrogen and oxygen atoms in total. The lowest BCUT2D eigenvalue weighted by Gasteiger charge is -2.19. The fraction of sp³-hybridized carbons (Fsp3) is 0.368. The van der Waals surface area contributed by atoms with E-state index in [0.717, 1.165) is 23.4 Å². The maximum atomic E-state index is 12.7. The van der Waals surface area contributed by atoms with E-state index in [2.05, 4.69) is 4.98 Å². The molecule has 0 saturated carbocycles. The number of hydrogen-bond acceptors (Lipinski definition) is 4. The number of anilines is 1. The zero-order valence-corrected chi connectivity index (χ0v) is 14.4. The van der Waals surface area contributed by atoms with Crippen LogP contribution >= 0.6 is 0 Å². The van der Waals surface area contributed by atoms with Crippen molar-refractivity contribution in [3.05, 3.63) is 53.7 Å². The Morgan fingerprint density at radius 2 is 2.04 bits per heavy atom. The van der Waals surface area contributed by atoms with Gasteiger partial charge in [-0.25, -0.2) is 4.98 Å². The number of benzene rings is 1. The molecule has 2 heterocycles. The predicted octanol–water partition coefficient (Wildman–Crippen LogP) is 2.75. The predicted molar refractivity (Wildman–Crippen MR) is 94.7 cm³/mol. The molecule has 1 aliphatic heterocycles. The number of pyridine rings is 1. The number of likely N-dealkylation sites (tertiary alicyclic amines) is 1. The van der Waals surface area contributed by atoms with Crippen molar-refractivity contribution in [3.63, 3.8) is 0 Å². The number of rotatable bonds is 4. The molecule has 0 N–H and O–H groups in total. The van der Waals surface area contributed by atoms with Crippen molar-refractivity contribution in [1.82, 2.24) is 9.88 Å². The summed E-state index contributed by atoms with van der Waals surface area (Å²) < 4.78 is 5.92. The van der Waals surface area contributed by atoms with Crippen LogP contribution in [0.1, 0.15) is 22.5 Å². The summed E-state index contributed by atoms with van der Waals surface area (Å²) in [6.07, 6.45) is 0.828. The van der Waals surface area contributed by atoms with Gasteiger partial charge in [-0.2, -0.15) is 0 Å². The van der Waals surface area contributed by atoms with Crippen molar-refractivity contribution < 1.29 is 9.53 Å². The van der Waals surface area contributed by atoms with E-state index in [4.69, 9.17) is 4.74 Å². The molecular formula is C19H23N3O2. The van der Waals surface area contributed by atoms with Crippen LogP contribution in [-0.4, -0.2) is 49.1 Å². The normalized spacial score (nSPS) is 17.0. The Balaban J connectivity index is 1.64. The van der Waals surface area contributed by atoms with Crippen LogP contribution < -0.4 is 9.64 Å². The molecule has 3 rings (SSSR count). The summed E-state index contributed by atoms with van der Waals surface area (Å²) in [5, 5.41) is 0. The van der Waals surface area contributed by atoms with Gasteiger partial charge in [-0.15, -0.1) is 0 Å². The molecule has 1 saturated heterocycles. The fourth-order valence-corrected chi connectivity index (χ4v) is 2.86. The molecular weight excluding hydrogens is 302 g/mol. The molecule has 0 radical (unpaired) electrons. The Hall–Kier alpha value is -2.56. The largest absolute Gasteiger partial charge is 0.472 e. The van der Waals surface area contributed by atoms with E-state index in [1.807, 2.05) is 73.3 Å². The Kier molecular flexibility index (Phi) is 4.69. The third-order valence-electron chi connectivity index (χ3n) is 4.19. The molecule has 1 unspecified atom stereocenters. The molecule has 2 aromatic rings. The number of nitrogens with zero attached hydrogens (tertiary/aromatic N) is 3. The summed E-state index contributed by atoms with van der Waals surface area (Å²) >= 11 is 0. The Bertz CT molecular complexity index is 730. The van der Waals surface area contributed by atoms with Gasteiger partial charge in [0.25, 0.3) is 5.91 Å². The smallest absolute Gasteiger partial charge is 0.254 e. The zero-order valence-electron chi connectivity index (χ0n) is 14.4. The quantitative estimate of drug-likeness (QED) is 0.867. The maximum absolute atomic E-state index is 12.7. The van der Waals surface area contributed by atoms with E-state index in [-0.39, 0.29) is 12.0 Å². The van der Waals surface area contributed by atoms with Gasteiger partial charge < -0.3 is 14.5 Å². The van der Waals surface area contributed by atoms with Gasteiger partial charge in [0.15, 0.2) is 0 Å². The fourth-order valence-electron chi connectivity index (χ4n) is 2.86. The molecule has 1 atom stereocenters. The van der Waals surface area contributed by atoms with E-state index in [1.54, 1.807) is 0 Å². The zero-order chi connectivity index (χ0) is 17.1. The standard InChI is InChI=1S/C19H23N3O2/c1-14-6-4-9-18(20-14)24-17-10-11-22(13-17)19(23)15-7-5-8-16(12-15)21(2)3/h4-9,12,17H,10-11,13H2,1-3H3. The van der Waals surface area contributed by atoms with E-state index < -0.39 is 0 Å². The third-order valence-corrected chi connectivity index (χ3v) is 4.19. The van der Waals surface area contributed by atoms with Crippen LogP contribution in [0.25, 0.3) is 0 Å². The molecule has 1 aromatic heterocycles. The summed E-state index contributed by atoms with van der Waals surface area (Å²) in [5.74, 6) is 0.686. The summed E-state index contributed by atoms with van der Waals surface area (Å²) in [7, 11) is 3.94.